The van der Waals surface area contributed by atoms with Gasteiger partial charge in [0.1, 0.15) is 0 Å². The maximum Gasteiger partial charge on any atom is 0.0451 e. The molecular weight excluding hydrogens is 232 g/mol. The number of nitrogens with one attached hydrogen (secondary N) is 1. The second-order valence-electron chi connectivity index (χ2n) is 5.95. The second kappa shape index (κ2) is 7.06. The van der Waals surface area contributed by atoms with Gasteiger partial charge < -0.3 is 10.2 Å². The fraction of sp³-hybridized carbons (Fsp3) is 0.647. The molecular formula is C17H28N2. The minimum atomic E-state index is 0.472. The van der Waals surface area contributed by atoms with E-state index in [4.69, 9.17) is 0 Å². The Hall–Kier alpha value is -0.860. The summed E-state index contributed by atoms with van der Waals surface area (Å²) in [4.78, 5) is 2.62. The van der Waals surface area contributed by atoms with Gasteiger partial charge in [-0.25, -0.2) is 0 Å². The molecule has 19 heavy (non-hydrogen) atoms. The van der Waals surface area contributed by atoms with Gasteiger partial charge in [0.2, 0.25) is 0 Å². The van der Waals surface area contributed by atoms with Crippen molar-refractivity contribution in [1.29, 1.82) is 0 Å². The van der Waals surface area contributed by atoms with E-state index in [-0.39, 0.29) is 0 Å². The van der Waals surface area contributed by atoms with Crippen molar-refractivity contribution in [3.63, 3.8) is 0 Å². The van der Waals surface area contributed by atoms with E-state index in [2.05, 4.69) is 55.3 Å². The molecule has 1 aliphatic heterocycles. The quantitative estimate of drug-likeness (QED) is 0.873. The summed E-state index contributed by atoms with van der Waals surface area (Å²) in [6.07, 6.45) is 2.71. The van der Waals surface area contributed by atoms with Crippen molar-refractivity contribution in [2.45, 2.75) is 39.7 Å². The number of likely N-dealkylation sites (N-methyl/N-ethyl adjacent to an activating group) is 1. The third-order valence-electron chi connectivity index (χ3n) is 4.33. The summed E-state index contributed by atoms with van der Waals surface area (Å²) in [6.45, 7) is 11.5. The highest BCUT2D eigenvalue weighted by molar-refractivity contribution is 5.29. The maximum absolute atomic E-state index is 3.66. The van der Waals surface area contributed by atoms with Crippen molar-refractivity contribution in [1.82, 2.24) is 10.2 Å². The fourth-order valence-corrected chi connectivity index (χ4v) is 3.00. The van der Waals surface area contributed by atoms with Crippen LogP contribution in [0.15, 0.2) is 24.3 Å². The minimum absolute atomic E-state index is 0.472. The van der Waals surface area contributed by atoms with E-state index in [1.165, 1.54) is 37.1 Å². The molecule has 2 heteroatoms. The monoisotopic (exact) mass is 260 g/mol. The number of likely N-dealkylation sites (tertiary alicyclic amines) is 1. The van der Waals surface area contributed by atoms with Crippen molar-refractivity contribution < 1.29 is 0 Å². The summed E-state index contributed by atoms with van der Waals surface area (Å²) in [5.41, 5.74) is 2.86. The van der Waals surface area contributed by atoms with E-state index in [1.54, 1.807) is 0 Å². The zero-order valence-corrected chi connectivity index (χ0v) is 12.7. The molecule has 0 spiro atoms. The number of benzene rings is 1. The van der Waals surface area contributed by atoms with Gasteiger partial charge in [-0.3, -0.25) is 0 Å². The lowest BCUT2D eigenvalue weighted by Crippen LogP contribution is -2.39. The second-order valence-corrected chi connectivity index (χ2v) is 5.95. The average Bonchev–Trinajstić information content (AvgIpc) is 2.41. The first-order chi connectivity index (χ1) is 9.20. The van der Waals surface area contributed by atoms with Crippen LogP contribution in [-0.2, 0) is 0 Å². The Kier molecular flexibility index (Phi) is 5.41. The summed E-state index contributed by atoms with van der Waals surface area (Å²) in [5.74, 6) is 0.910. The third-order valence-corrected chi connectivity index (χ3v) is 4.33. The van der Waals surface area contributed by atoms with Gasteiger partial charge in [0, 0.05) is 12.6 Å². The predicted molar refractivity (Wildman–Crippen MR) is 82.4 cm³/mol. The first-order valence-electron chi connectivity index (χ1n) is 7.72. The lowest BCUT2D eigenvalue weighted by Gasteiger charge is -2.33. The van der Waals surface area contributed by atoms with Crippen LogP contribution in [0.1, 0.15) is 43.9 Å². The van der Waals surface area contributed by atoms with Gasteiger partial charge in [-0.05, 0) is 56.4 Å². The van der Waals surface area contributed by atoms with Crippen LogP contribution in [0.2, 0.25) is 0 Å². The highest BCUT2D eigenvalue weighted by Crippen LogP contribution is 2.22. The molecule has 1 aromatic rings. The summed E-state index contributed by atoms with van der Waals surface area (Å²) in [5, 5.41) is 3.66. The minimum Gasteiger partial charge on any atom is -0.309 e. The first kappa shape index (κ1) is 14.5. The number of rotatable bonds is 5. The summed E-state index contributed by atoms with van der Waals surface area (Å²) in [6, 6.07) is 9.25. The van der Waals surface area contributed by atoms with Crippen LogP contribution in [0.25, 0.3) is 0 Å². The van der Waals surface area contributed by atoms with E-state index in [1.807, 2.05) is 0 Å². The smallest absolute Gasteiger partial charge is 0.0451 e. The lowest BCUT2D eigenvalue weighted by molar-refractivity contribution is 0.175. The molecule has 0 aromatic heterocycles. The van der Waals surface area contributed by atoms with Gasteiger partial charge in [-0.2, -0.15) is 0 Å². The van der Waals surface area contributed by atoms with Crippen LogP contribution in [-0.4, -0.2) is 31.1 Å². The maximum atomic E-state index is 3.66. The molecule has 1 atom stereocenters. The molecule has 0 bridgehead atoms. The van der Waals surface area contributed by atoms with Gasteiger partial charge in [-0.1, -0.05) is 38.1 Å². The van der Waals surface area contributed by atoms with Crippen molar-refractivity contribution in [3.05, 3.63) is 35.4 Å². The molecule has 1 fully saturated rings. The van der Waals surface area contributed by atoms with E-state index in [0.717, 1.165) is 19.0 Å². The van der Waals surface area contributed by atoms with Crippen molar-refractivity contribution in [2.75, 3.05) is 26.2 Å². The largest absolute Gasteiger partial charge is 0.309 e. The highest BCUT2D eigenvalue weighted by Gasteiger charge is 2.20. The summed E-state index contributed by atoms with van der Waals surface area (Å²) >= 11 is 0. The Bertz CT molecular complexity index is 381. The average molecular weight is 260 g/mol. The molecule has 1 aliphatic rings. The zero-order chi connectivity index (χ0) is 13.7. The van der Waals surface area contributed by atoms with E-state index in [9.17, 15) is 0 Å². The van der Waals surface area contributed by atoms with E-state index in [0.29, 0.717) is 6.04 Å². The Labute approximate surface area is 118 Å². The van der Waals surface area contributed by atoms with Crippen LogP contribution in [0, 0.1) is 12.8 Å². The summed E-state index contributed by atoms with van der Waals surface area (Å²) in [7, 11) is 0. The van der Waals surface area contributed by atoms with Crippen molar-refractivity contribution in [2.24, 2.45) is 5.92 Å². The molecule has 106 valence electrons. The Balaban J connectivity index is 2.02. The number of hydrogen-bond acceptors (Lipinski definition) is 2. The predicted octanol–water partition coefficient (Wildman–Crippen LogP) is 3.38. The van der Waals surface area contributed by atoms with Gasteiger partial charge in [0.05, 0.1) is 0 Å². The lowest BCUT2D eigenvalue weighted by atomic mass is 9.96. The molecule has 1 N–H and O–H groups in total. The highest BCUT2D eigenvalue weighted by atomic mass is 15.2. The van der Waals surface area contributed by atoms with Crippen LogP contribution < -0.4 is 5.32 Å². The molecule has 0 amide bonds. The van der Waals surface area contributed by atoms with Gasteiger partial charge >= 0.3 is 0 Å². The number of hydrogen-bond donors (Lipinski definition) is 1. The van der Waals surface area contributed by atoms with Crippen molar-refractivity contribution >= 4 is 0 Å². The van der Waals surface area contributed by atoms with Crippen LogP contribution in [0.4, 0.5) is 0 Å². The Morgan fingerprint density at radius 2 is 1.95 bits per heavy atom. The van der Waals surface area contributed by atoms with Crippen LogP contribution in [0.3, 0.4) is 0 Å². The molecule has 0 radical (unpaired) electrons. The third kappa shape index (κ3) is 4.05. The standard InChI is InChI=1S/C17H28N2/c1-4-18-17(16-8-6-5-7-15(16)3)13-19-11-9-14(2)10-12-19/h5-8,14,17-18H,4,9-13H2,1-3H3. The Morgan fingerprint density at radius 1 is 1.26 bits per heavy atom. The molecule has 1 heterocycles. The van der Waals surface area contributed by atoms with Gasteiger partial charge in [0.25, 0.3) is 0 Å². The van der Waals surface area contributed by atoms with Crippen molar-refractivity contribution in [3.8, 4) is 0 Å². The molecule has 0 aliphatic carbocycles. The SMILES string of the molecule is CCNC(CN1CCC(C)CC1)c1ccccc1C. The number of nitrogens with zero attached hydrogens (tertiary/aromatic N) is 1. The topological polar surface area (TPSA) is 15.3 Å². The van der Waals surface area contributed by atoms with Crippen LogP contribution in [0.5, 0.6) is 0 Å². The molecule has 0 saturated carbocycles. The van der Waals surface area contributed by atoms with E-state index < -0.39 is 0 Å². The molecule has 2 nitrogen and oxygen atoms in total. The zero-order valence-electron chi connectivity index (χ0n) is 12.7. The molecule has 2 rings (SSSR count). The normalized spacial score (nSPS) is 19.5. The molecule has 1 aromatic carbocycles. The first-order valence-corrected chi connectivity index (χ1v) is 7.72. The molecule has 1 unspecified atom stereocenters. The van der Waals surface area contributed by atoms with Gasteiger partial charge in [0.15, 0.2) is 0 Å². The summed E-state index contributed by atoms with van der Waals surface area (Å²) < 4.78 is 0. The Morgan fingerprint density at radius 3 is 2.58 bits per heavy atom. The van der Waals surface area contributed by atoms with Crippen LogP contribution >= 0.6 is 0 Å². The fourth-order valence-electron chi connectivity index (χ4n) is 3.00. The number of aryl methyl sites for hydroxylation is 1. The van der Waals surface area contributed by atoms with E-state index >= 15 is 0 Å². The van der Waals surface area contributed by atoms with Gasteiger partial charge in [-0.15, -0.1) is 0 Å². The number of piperidine rings is 1. The molecule has 1 saturated heterocycles.